The van der Waals surface area contributed by atoms with Crippen molar-refractivity contribution in [2.45, 2.75) is 232 Å². The van der Waals surface area contributed by atoms with Crippen LogP contribution in [0.5, 0.6) is 5.75 Å². The van der Waals surface area contributed by atoms with Crippen molar-refractivity contribution >= 4 is 58.0 Å². The van der Waals surface area contributed by atoms with Crippen LogP contribution < -0.4 is 37.7 Å². The van der Waals surface area contributed by atoms with Gasteiger partial charge in [-0.1, -0.05) is 145 Å². The number of aliphatic hydroxyl groups excluding tert-OH is 2. The van der Waals surface area contributed by atoms with E-state index in [2.05, 4.69) is 84.7 Å². The van der Waals surface area contributed by atoms with Crippen molar-refractivity contribution in [3.8, 4) is 28.3 Å². The van der Waals surface area contributed by atoms with Gasteiger partial charge in [0.1, 0.15) is 47.7 Å². The van der Waals surface area contributed by atoms with Crippen LogP contribution in [0.15, 0.2) is 107 Å². The number of halogens is 1. The van der Waals surface area contributed by atoms with Gasteiger partial charge < -0.3 is 56.0 Å². The zero-order chi connectivity index (χ0) is 78.3. The van der Waals surface area contributed by atoms with Gasteiger partial charge in [-0.15, -0.1) is 10.2 Å². The second-order valence-corrected chi connectivity index (χ2v) is 29.9. The number of carboxylic acid groups (broad SMARTS) is 2. The van der Waals surface area contributed by atoms with Crippen molar-refractivity contribution in [2.75, 3.05) is 31.6 Å². The number of likely N-dealkylation sites (tertiary alicyclic amines) is 1. The van der Waals surface area contributed by atoms with Crippen LogP contribution in [0.25, 0.3) is 33.7 Å². The van der Waals surface area contributed by atoms with Crippen LogP contribution >= 0.6 is 11.6 Å². The van der Waals surface area contributed by atoms with E-state index in [1.807, 2.05) is 86.9 Å². The summed E-state index contributed by atoms with van der Waals surface area (Å²) in [6, 6.07) is 28.6. The SMILES string of the molecule is CCCC(=O)Nc1ccc(OCC(O)CNC(C)C)c(C(C)=O)c1.CCCCc1nc(Cl)c(CO)n1Cc1ccc(-c2ccccc2-c2nn[nH]n2)cc1.CCCn1c(=O)c2[nH]c(C34CC5CC(CC3C5)C4)nc2n(CCC)c1=O.NCCCC[C@H](N[C@@H](CCc1ccccc1)C(=O)O)C(=O)N1CCC[C@H]1C(=O)O. The highest BCUT2D eigenvalue weighted by Gasteiger charge is 2.60. The number of hydrogen-bond donors (Lipinski definition) is 10. The molecule has 1 aliphatic heterocycles. The summed E-state index contributed by atoms with van der Waals surface area (Å²) in [4.78, 5) is 99.8. The fraction of sp³-hybridized carbons (Fsp3) is 0.531. The van der Waals surface area contributed by atoms with Crippen LogP contribution in [0.4, 0.5) is 5.69 Å². The molecule has 0 spiro atoms. The highest BCUT2D eigenvalue weighted by molar-refractivity contribution is 6.30. The Morgan fingerprint density at radius 1 is 0.789 bits per heavy atom. The molecule has 588 valence electrons. The number of ketones is 1. The number of benzene rings is 4. The first kappa shape index (κ1) is 83.8. The van der Waals surface area contributed by atoms with E-state index in [0.29, 0.717) is 135 Å². The van der Waals surface area contributed by atoms with Gasteiger partial charge in [-0.3, -0.25) is 38.4 Å². The highest BCUT2D eigenvalue weighted by atomic mass is 35.5. The van der Waals surface area contributed by atoms with E-state index in [0.717, 1.165) is 96.2 Å². The van der Waals surface area contributed by atoms with Gasteiger partial charge in [0.05, 0.1) is 23.9 Å². The molecule has 0 radical (unpaired) electrons. The molecule has 4 bridgehead atoms. The number of ether oxygens (including phenoxy) is 1. The van der Waals surface area contributed by atoms with E-state index in [1.165, 1.54) is 48.5 Å². The van der Waals surface area contributed by atoms with Crippen molar-refractivity contribution in [3.63, 3.8) is 0 Å². The number of carboxylic acids is 2. The zero-order valence-corrected chi connectivity index (χ0v) is 64.7. The lowest BCUT2D eigenvalue weighted by Crippen LogP contribution is -2.54. The minimum atomic E-state index is -1.02. The molecule has 4 aromatic carbocycles. The Morgan fingerprint density at radius 3 is 2.13 bits per heavy atom. The van der Waals surface area contributed by atoms with E-state index >= 15 is 0 Å². The van der Waals surface area contributed by atoms with Gasteiger partial charge in [0, 0.05) is 68.3 Å². The molecule has 4 saturated carbocycles. The number of anilines is 1. The molecule has 4 aromatic heterocycles. The van der Waals surface area contributed by atoms with Crippen LogP contribution in [0.3, 0.4) is 0 Å². The Balaban J connectivity index is 0.000000168. The molecule has 109 heavy (non-hydrogen) atoms. The molecule has 5 fully saturated rings. The van der Waals surface area contributed by atoms with Gasteiger partial charge in [0.25, 0.3) is 5.56 Å². The predicted octanol–water partition coefficient (Wildman–Crippen LogP) is 10.7. The number of nitrogens with one attached hydrogen (secondary N) is 5. The van der Waals surface area contributed by atoms with Gasteiger partial charge in [-0.25, -0.2) is 19.6 Å². The van der Waals surface area contributed by atoms with Crippen LogP contribution in [-0.4, -0.2) is 161 Å². The fourth-order valence-electron chi connectivity index (χ4n) is 15.8. The summed E-state index contributed by atoms with van der Waals surface area (Å²) < 4.78 is 10.7. The van der Waals surface area contributed by atoms with Crippen LogP contribution in [0.1, 0.15) is 196 Å². The lowest BCUT2D eigenvalue weighted by molar-refractivity contribution is -0.149. The van der Waals surface area contributed by atoms with Crippen molar-refractivity contribution in [1.29, 1.82) is 0 Å². The van der Waals surface area contributed by atoms with Gasteiger partial charge in [0.2, 0.25) is 17.6 Å². The third kappa shape index (κ3) is 21.6. The number of aryl methyl sites for hydroxylation is 3. The third-order valence-corrected chi connectivity index (χ3v) is 21.3. The molecular formula is C81H110ClN15O12. The fourth-order valence-corrected chi connectivity index (χ4v) is 16.0. The maximum atomic E-state index is 13.1. The van der Waals surface area contributed by atoms with E-state index in [-0.39, 0.29) is 53.5 Å². The summed E-state index contributed by atoms with van der Waals surface area (Å²) in [6.07, 6.45) is 15.3. The van der Waals surface area contributed by atoms with Gasteiger partial charge in [0.15, 0.2) is 16.6 Å². The van der Waals surface area contributed by atoms with E-state index < -0.39 is 36.2 Å². The first-order valence-corrected chi connectivity index (χ1v) is 39.2. The first-order chi connectivity index (χ1) is 52.5. The number of aromatic amines is 2. The zero-order valence-electron chi connectivity index (χ0n) is 64.0. The predicted molar refractivity (Wildman–Crippen MR) is 419 cm³/mol. The second-order valence-electron chi connectivity index (χ2n) is 29.5. The van der Waals surface area contributed by atoms with Crippen LogP contribution in [0.2, 0.25) is 5.15 Å². The van der Waals surface area contributed by atoms with Crippen LogP contribution in [-0.2, 0) is 63.7 Å². The van der Waals surface area contributed by atoms with E-state index in [9.17, 15) is 54.0 Å². The number of tetrazole rings is 1. The summed E-state index contributed by atoms with van der Waals surface area (Å²) in [5.41, 5.74) is 13.1. The maximum absolute atomic E-state index is 13.1. The van der Waals surface area contributed by atoms with Gasteiger partial charge >= 0.3 is 17.6 Å². The Morgan fingerprint density at radius 2 is 1.50 bits per heavy atom. The molecule has 28 heteroatoms. The van der Waals surface area contributed by atoms with Crippen LogP contribution in [0, 0.1) is 17.8 Å². The number of aliphatic hydroxyl groups is 2. The molecule has 13 rings (SSSR count). The average molecular weight is 1520 g/mol. The smallest absolute Gasteiger partial charge is 0.332 e. The average Bonchev–Trinajstić information content (AvgIpc) is 1.56. The number of nitrogens with zero attached hydrogens (tertiary/aromatic N) is 9. The number of unbranched alkanes of at least 4 members (excludes halogenated alkanes) is 2. The Labute approximate surface area is 641 Å². The summed E-state index contributed by atoms with van der Waals surface area (Å²) in [5, 5.41) is 62.3. The molecule has 3 unspecified atom stereocenters. The maximum Gasteiger partial charge on any atom is 0.332 e. The molecule has 5 heterocycles. The number of hydrogen-bond acceptors (Lipinski definition) is 18. The number of rotatable bonds is 35. The molecule has 5 aliphatic rings. The number of fused-ring (bicyclic) bond motifs is 1. The van der Waals surface area contributed by atoms with Crippen molar-refractivity contribution in [3.05, 3.63) is 157 Å². The standard InChI is InChI=1S/C22H23ClN6O.C21H31N3O5.C20H28N4O2.C18H28N2O4/c1-2-3-8-20-24-21(23)19(14-30)29(20)13-15-9-11-16(12-10-15)17-6-4-5-7-18(17)22-25-27-28-26-22;22-13-5-4-9-16(19(25)24-14-6-10-18(24)21(28)29)23-17(20(26)27)12-11-15-7-2-1-3-8-15;1-3-5-23-16-15(17(25)24(6-4-2)19(23)26)21-18(22-16)20-10-12-7-13(11-20)9-14(20)8-12;1-5-6-18(23)20-14-7-8-17(16(9-14)13(4)21)24-11-15(22)10-19-12(2)3/h4-7,9-12,30H,2-3,8,13-14H2,1H3,(H,25,26,27,28);1-3,7-8,16-18,23H,4-6,9-14,22H2,(H,26,27)(H,28,29);12-14H,3-11H2,1-2H3,(H,21,22);7-9,12,15,19,22H,5-6,10-11H2,1-4H3,(H,20,23)/t;16-,17-,18-;;/m.0../s1. The third-order valence-electron chi connectivity index (χ3n) is 21.0. The summed E-state index contributed by atoms with van der Waals surface area (Å²) in [6.45, 7) is 16.5. The van der Waals surface area contributed by atoms with Crippen molar-refractivity contribution < 1.29 is 49.1 Å². The number of H-pyrrole nitrogens is 2. The van der Waals surface area contributed by atoms with Gasteiger partial charge in [-0.05, 0) is 173 Å². The lowest BCUT2D eigenvalue weighted by Gasteiger charge is -2.30. The first-order valence-electron chi connectivity index (χ1n) is 38.8. The van der Waals surface area contributed by atoms with Crippen molar-refractivity contribution in [1.82, 2.24) is 64.8 Å². The van der Waals surface area contributed by atoms with E-state index in [4.69, 9.17) is 27.1 Å². The molecule has 8 aromatic rings. The number of Topliss-reactive ketones (excluding diaryl/α,β-unsaturated/α-hetero) is 1. The number of aromatic nitrogens is 10. The summed E-state index contributed by atoms with van der Waals surface area (Å²) >= 11 is 6.26. The highest BCUT2D eigenvalue weighted by Crippen LogP contribution is 2.65. The number of carbonyl (C=O) groups excluding carboxylic acids is 3. The topological polar surface area (TPSA) is 386 Å². The molecule has 1 saturated heterocycles. The number of aliphatic carboxylic acids is 2. The van der Waals surface area contributed by atoms with Gasteiger partial charge in [-0.2, -0.15) is 5.21 Å². The number of amides is 2. The Kier molecular flexibility index (Phi) is 31.1. The molecule has 2 amide bonds. The Hall–Kier alpha value is -9.25. The molecule has 4 aliphatic carbocycles. The number of imidazole rings is 2. The monoisotopic (exact) mass is 1520 g/mol. The largest absolute Gasteiger partial charge is 0.490 e. The minimum Gasteiger partial charge on any atom is -0.490 e. The number of nitrogens with two attached hydrogens (primary N) is 1. The summed E-state index contributed by atoms with van der Waals surface area (Å²) in [5.74, 6) is 2.61. The second kappa shape index (κ2) is 40.4. The summed E-state index contributed by atoms with van der Waals surface area (Å²) in [7, 11) is 0. The molecular weight excluding hydrogens is 1410 g/mol. The molecule has 11 N–H and O–H groups in total. The normalized spacial score (nSPS) is 18.3. The Bertz CT molecular complexity index is 4410. The molecule has 27 nitrogen and oxygen atoms in total. The minimum absolute atomic E-state index is 0.0849. The lowest BCUT2D eigenvalue weighted by atomic mass is 9.75. The van der Waals surface area contributed by atoms with E-state index in [1.54, 1.807) is 22.8 Å². The number of carbonyl (C=O) groups is 5. The molecule has 6 atom stereocenters. The quantitative estimate of drug-likeness (QED) is 0.0130. The van der Waals surface area contributed by atoms with Crippen molar-refractivity contribution in [2.24, 2.45) is 23.5 Å².